The number of nitro benzene ring substituents is 1. The van der Waals surface area contributed by atoms with Crippen LogP contribution in [0.1, 0.15) is 24.0 Å². The van der Waals surface area contributed by atoms with E-state index in [2.05, 4.69) is 5.32 Å². The van der Waals surface area contributed by atoms with Gasteiger partial charge in [-0.25, -0.2) is 4.90 Å². The van der Waals surface area contributed by atoms with Gasteiger partial charge in [0.15, 0.2) is 0 Å². The number of fused-ring (bicyclic) bond motifs is 7. The summed E-state index contributed by atoms with van der Waals surface area (Å²) >= 11 is 6.29. The fraction of sp³-hybridized carbons (Fsp3) is 0.348. The molecule has 0 radical (unpaired) electrons. The van der Waals surface area contributed by atoms with Crippen LogP contribution in [-0.2, 0) is 19.9 Å². The van der Waals surface area contributed by atoms with E-state index in [0.29, 0.717) is 40.5 Å². The fourth-order valence-corrected chi connectivity index (χ4v) is 6.59. The zero-order valence-corrected chi connectivity index (χ0v) is 18.3. The summed E-state index contributed by atoms with van der Waals surface area (Å²) < 4.78 is 0. The maximum Gasteiger partial charge on any atom is 0.269 e. The number of carbonyl (C=O) groups excluding carboxylic acids is 3. The SMILES string of the molecule is Cc1cc([N+](=O)[O-])ccc1N1C(=O)[C@@H]2[C@@H](C1=O)[C@]1(C(=O)Nc3ccc(Cl)cc31)N1CCC[C@@H]21. The van der Waals surface area contributed by atoms with Crippen LogP contribution in [0.15, 0.2) is 36.4 Å². The van der Waals surface area contributed by atoms with E-state index in [1.165, 1.54) is 18.2 Å². The van der Waals surface area contributed by atoms with E-state index < -0.39 is 28.2 Å². The molecule has 4 aliphatic heterocycles. The minimum atomic E-state index is -1.30. The highest BCUT2D eigenvalue weighted by molar-refractivity contribution is 6.31. The third-order valence-electron chi connectivity index (χ3n) is 7.59. The monoisotopic (exact) mass is 466 g/mol. The highest BCUT2D eigenvalue weighted by Crippen LogP contribution is 2.61. The number of amides is 3. The van der Waals surface area contributed by atoms with Gasteiger partial charge in [0, 0.05) is 34.4 Å². The summed E-state index contributed by atoms with van der Waals surface area (Å²) in [5.74, 6) is -2.71. The van der Waals surface area contributed by atoms with Crippen molar-refractivity contribution in [2.24, 2.45) is 11.8 Å². The number of non-ortho nitro benzene ring substituents is 1. The molecule has 2 aromatic carbocycles. The number of hydrogen-bond acceptors (Lipinski definition) is 6. The molecular formula is C23H19ClN4O5. The minimum absolute atomic E-state index is 0.118. The number of halogens is 1. The van der Waals surface area contributed by atoms with Crippen molar-refractivity contribution in [3.8, 4) is 0 Å². The lowest BCUT2D eigenvalue weighted by molar-refractivity contribution is -0.384. The Kier molecular flexibility index (Phi) is 4.07. The van der Waals surface area contributed by atoms with Crippen LogP contribution in [0, 0.1) is 28.9 Å². The topological polar surface area (TPSA) is 113 Å². The predicted octanol–water partition coefficient (Wildman–Crippen LogP) is 2.99. The molecule has 168 valence electrons. The van der Waals surface area contributed by atoms with Crippen molar-refractivity contribution in [2.75, 3.05) is 16.8 Å². The van der Waals surface area contributed by atoms with Gasteiger partial charge in [-0.2, -0.15) is 0 Å². The van der Waals surface area contributed by atoms with Crippen LogP contribution >= 0.6 is 11.6 Å². The van der Waals surface area contributed by atoms with Gasteiger partial charge in [0.1, 0.15) is 5.54 Å². The van der Waals surface area contributed by atoms with E-state index >= 15 is 0 Å². The van der Waals surface area contributed by atoms with Gasteiger partial charge < -0.3 is 5.32 Å². The molecule has 33 heavy (non-hydrogen) atoms. The molecule has 3 amide bonds. The first kappa shape index (κ1) is 20.3. The number of anilines is 2. The van der Waals surface area contributed by atoms with E-state index in [-0.39, 0.29) is 23.5 Å². The number of rotatable bonds is 2. The van der Waals surface area contributed by atoms with Crippen LogP contribution in [0.5, 0.6) is 0 Å². The summed E-state index contributed by atoms with van der Waals surface area (Å²) in [6.45, 7) is 2.24. The lowest BCUT2D eigenvalue weighted by Gasteiger charge is -2.36. The van der Waals surface area contributed by atoms with Crippen LogP contribution in [0.25, 0.3) is 0 Å². The van der Waals surface area contributed by atoms with Gasteiger partial charge in [-0.3, -0.25) is 29.4 Å². The molecule has 0 saturated carbocycles. The Morgan fingerprint density at radius 2 is 1.94 bits per heavy atom. The fourth-order valence-electron chi connectivity index (χ4n) is 6.42. The molecular weight excluding hydrogens is 448 g/mol. The molecule has 3 saturated heterocycles. The van der Waals surface area contributed by atoms with Gasteiger partial charge in [0.05, 0.1) is 22.4 Å². The number of carbonyl (C=O) groups is 3. The smallest absolute Gasteiger partial charge is 0.269 e. The van der Waals surface area contributed by atoms with Crippen molar-refractivity contribution in [1.82, 2.24) is 4.90 Å². The Morgan fingerprint density at radius 1 is 1.15 bits per heavy atom. The number of nitro groups is 1. The average molecular weight is 467 g/mol. The van der Waals surface area contributed by atoms with Crippen LogP contribution in [0.2, 0.25) is 5.02 Å². The van der Waals surface area contributed by atoms with Crippen molar-refractivity contribution in [3.05, 3.63) is 62.7 Å². The Hall–Kier alpha value is -3.30. The summed E-state index contributed by atoms with van der Waals surface area (Å²) in [6.07, 6.45) is 1.52. The van der Waals surface area contributed by atoms with Crippen molar-refractivity contribution < 1.29 is 19.3 Å². The molecule has 4 heterocycles. The molecule has 6 rings (SSSR count). The normalized spacial score (nSPS) is 30.1. The number of benzene rings is 2. The Labute approximate surface area is 193 Å². The van der Waals surface area contributed by atoms with Crippen molar-refractivity contribution >= 4 is 46.4 Å². The molecule has 0 aromatic heterocycles. The molecule has 2 aromatic rings. The molecule has 9 nitrogen and oxygen atoms in total. The van der Waals surface area contributed by atoms with E-state index in [1.54, 1.807) is 25.1 Å². The third-order valence-corrected chi connectivity index (χ3v) is 7.82. The predicted molar refractivity (Wildman–Crippen MR) is 119 cm³/mol. The van der Waals surface area contributed by atoms with Gasteiger partial charge in [0.25, 0.3) is 5.69 Å². The first-order valence-corrected chi connectivity index (χ1v) is 11.2. The number of nitrogens with zero attached hydrogens (tertiary/aromatic N) is 3. The minimum Gasteiger partial charge on any atom is -0.324 e. The second-order valence-corrected chi connectivity index (χ2v) is 9.49. The van der Waals surface area contributed by atoms with E-state index in [0.717, 1.165) is 11.3 Å². The average Bonchev–Trinajstić information content (AvgIpc) is 3.47. The first-order valence-electron chi connectivity index (χ1n) is 10.8. The summed E-state index contributed by atoms with van der Waals surface area (Å²) in [4.78, 5) is 55.0. The van der Waals surface area contributed by atoms with Gasteiger partial charge in [-0.05, 0) is 56.1 Å². The number of aryl methyl sites for hydroxylation is 1. The van der Waals surface area contributed by atoms with Gasteiger partial charge in [-0.1, -0.05) is 11.6 Å². The Balaban J connectivity index is 1.53. The third kappa shape index (κ3) is 2.38. The van der Waals surface area contributed by atoms with Crippen LogP contribution < -0.4 is 10.2 Å². The van der Waals surface area contributed by atoms with E-state index in [4.69, 9.17) is 11.6 Å². The Morgan fingerprint density at radius 3 is 2.67 bits per heavy atom. The largest absolute Gasteiger partial charge is 0.324 e. The lowest BCUT2D eigenvalue weighted by Crippen LogP contribution is -2.54. The standard InChI is InChI=1S/C23H19ClN4O5/c1-11-9-13(28(32)33)5-7-16(11)27-20(29)18-17-3-2-8-26(17)23(19(18)21(27)30)14-10-12(24)4-6-15(14)25-22(23)31/h4-7,9-10,17-19H,2-3,8H2,1H3,(H,25,31)/t17-,18-,19-,23+/m0/s1. The summed E-state index contributed by atoms with van der Waals surface area (Å²) in [7, 11) is 0. The van der Waals surface area contributed by atoms with Crippen LogP contribution in [-0.4, -0.2) is 40.1 Å². The highest BCUT2D eigenvalue weighted by atomic mass is 35.5. The number of hydrogen-bond donors (Lipinski definition) is 1. The summed E-state index contributed by atoms with van der Waals surface area (Å²) in [6, 6.07) is 8.94. The maximum atomic E-state index is 13.9. The van der Waals surface area contributed by atoms with Gasteiger partial charge in [0.2, 0.25) is 17.7 Å². The van der Waals surface area contributed by atoms with Gasteiger partial charge in [-0.15, -0.1) is 0 Å². The molecule has 1 spiro atoms. The van der Waals surface area contributed by atoms with Crippen molar-refractivity contribution in [2.45, 2.75) is 31.3 Å². The zero-order chi connectivity index (χ0) is 23.2. The molecule has 4 atom stereocenters. The molecule has 0 unspecified atom stereocenters. The molecule has 0 bridgehead atoms. The molecule has 1 N–H and O–H groups in total. The van der Waals surface area contributed by atoms with Crippen molar-refractivity contribution in [1.29, 1.82) is 0 Å². The number of nitrogens with one attached hydrogen (secondary N) is 1. The second-order valence-electron chi connectivity index (χ2n) is 9.06. The highest BCUT2D eigenvalue weighted by Gasteiger charge is 2.74. The summed E-state index contributed by atoms with van der Waals surface area (Å²) in [5, 5.41) is 14.5. The second kappa shape index (κ2) is 6.61. The maximum absolute atomic E-state index is 13.9. The molecule has 10 heteroatoms. The van der Waals surface area contributed by atoms with Crippen molar-refractivity contribution in [3.63, 3.8) is 0 Å². The van der Waals surface area contributed by atoms with Crippen LogP contribution in [0.3, 0.4) is 0 Å². The van der Waals surface area contributed by atoms with E-state index in [1.807, 2.05) is 4.90 Å². The zero-order valence-electron chi connectivity index (χ0n) is 17.6. The van der Waals surface area contributed by atoms with Crippen LogP contribution in [0.4, 0.5) is 17.1 Å². The lowest BCUT2D eigenvalue weighted by atomic mass is 9.75. The number of imide groups is 1. The quantitative estimate of drug-likeness (QED) is 0.413. The van der Waals surface area contributed by atoms with E-state index in [9.17, 15) is 24.5 Å². The molecule has 3 fully saturated rings. The first-order chi connectivity index (χ1) is 15.8. The molecule has 0 aliphatic carbocycles. The molecule has 4 aliphatic rings. The van der Waals surface area contributed by atoms with Gasteiger partial charge >= 0.3 is 0 Å². The summed E-state index contributed by atoms with van der Waals surface area (Å²) in [5.41, 5.74) is 0.566. The Bertz CT molecular complexity index is 1300.